The Morgan fingerprint density at radius 1 is 1.53 bits per heavy atom. The number of hydroxylamine groups is 1. The Hall–Kier alpha value is -1.26. The molecule has 0 radical (unpaired) electrons. The molecule has 2 aliphatic rings. The summed E-state index contributed by atoms with van der Waals surface area (Å²) in [7, 11) is 0. The molecule has 0 unspecified atom stereocenters. The van der Waals surface area contributed by atoms with E-state index in [4.69, 9.17) is 15.4 Å². The molecule has 0 saturated carbocycles. The van der Waals surface area contributed by atoms with Gasteiger partial charge in [0.05, 0.1) is 6.61 Å². The number of aliphatic hydroxyl groups excluding tert-OH is 3. The van der Waals surface area contributed by atoms with Crippen molar-refractivity contribution in [2.75, 3.05) is 13.2 Å². The molecule has 0 aliphatic carbocycles. The number of carbonyl (C=O) groups excluding carboxylic acids is 1. The fraction of sp³-hybridized carbons (Fsp3) is 0.750. The molecule has 2 amide bonds. The van der Waals surface area contributed by atoms with Crippen molar-refractivity contribution in [1.29, 1.82) is 5.41 Å². The molecule has 9 nitrogen and oxygen atoms in total. The van der Waals surface area contributed by atoms with E-state index in [1.54, 1.807) is 0 Å². The van der Waals surface area contributed by atoms with Crippen molar-refractivity contribution >= 4 is 11.9 Å². The molecule has 0 aromatic heterocycles. The molecule has 9 heteroatoms. The number of amides is 2. The second-order valence-corrected chi connectivity index (χ2v) is 3.82. The average Bonchev–Trinajstić information content (AvgIpc) is 2.57. The summed E-state index contributed by atoms with van der Waals surface area (Å²) in [5.74, 6) is 0.0826. The van der Waals surface area contributed by atoms with Crippen molar-refractivity contribution in [1.82, 2.24) is 15.5 Å². The molecule has 17 heavy (non-hydrogen) atoms. The zero-order valence-electron chi connectivity index (χ0n) is 8.91. The van der Waals surface area contributed by atoms with Gasteiger partial charge >= 0.3 is 6.03 Å². The van der Waals surface area contributed by atoms with Gasteiger partial charge in [0.1, 0.15) is 18.0 Å². The second kappa shape index (κ2) is 4.55. The van der Waals surface area contributed by atoms with E-state index in [-0.39, 0.29) is 18.8 Å². The van der Waals surface area contributed by atoms with E-state index in [2.05, 4.69) is 5.32 Å². The Bertz CT molecular complexity index is 338. The molecule has 2 rings (SSSR count). The first kappa shape index (κ1) is 12.2. The average molecular weight is 246 g/mol. The van der Waals surface area contributed by atoms with Crippen LogP contribution in [0, 0.1) is 5.41 Å². The van der Waals surface area contributed by atoms with E-state index in [1.807, 2.05) is 0 Å². The molecule has 0 aromatic rings. The van der Waals surface area contributed by atoms with Crippen molar-refractivity contribution in [2.24, 2.45) is 0 Å². The van der Waals surface area contributed by atoms with Crippen LogP contribution in [0.1, 0.15) is 6.42 Å². The SMILES string of the molecule is N=C1CCN(N2O[C@H](CO)[C@@H](O)[C@H]2O)C(=O)N1. The molecular weight excluding hydrogens is 232 g/mol. The van der Waals surface area contributed by atoms with E-state index in [0.717, 1.165) is 10.2 Å². The van der Waals surface area contributed by atoms with Crippen molar-refractivity contribution < 1.29 is 25.0 Å². The van der Waals surface area contributed by atoms with Gasteiger partial charge in [0.25, 0.3) is 0 Å². The Balaban J connectivity index is 2.08. The first-order chi connectivity index (χ1) is 8.04. The Labute approximate surface area is 96.6 Å². The Kier molecular flexibility index (Phi) is 3.26. The summed E-state index contributed by atoms with van der Waals surface area (Å²) in [6.45, 7) is -0.313. The van der Waals surface area contributed by atoms with Gasteiger partial charge in [-0.15, -0.1) is 0 Å². The lowest BCUT2D eigenvalue weighted by molar-refractivity contribution is -0.298. The van der Waals surface area contributed by atoms with Crippen LogP contribution in [0.2, 0.25) is 0 Å². The fourth-order valence-corrected chi connectivity index (χ4v) is 1.69. The van der Waals surface area contributed by atoms with Gasteiger partial charge in [0.15, 0.2) is 6.23 Å². The number of nitrogens with zero attached hydrogens (tertiary/aromatic N) is 2. The molecule has 2 aliphatic heterocycles. The smallest absolute Gasteiger partial charge is 0.339 e. The van der Waals surface area contributed by atoms with Crippen LogP contribution in [0.3, 0.4) is 0 Å². The van der Waals surface area contributed by atoms with Crippen molar-refractivity contribution in [3.63, 3.8) is 0 Å². The van der Waals surface area contributed by atoms with Crippen LogP contribution in [-0.2, 0) is 4.84 Å². The highest BCUT2D eigenvalue weighted by Crippen LogP contribution is 2.23. The van der Waals surface area contributed by atoms with Crippen molar-refractivity contribution in [2.45, 2.75) is 24.9 Å². The zero-order valence-corrected chi connectivity index (χ0v) is 8.91. The first-order valence-corrected chi connectivity index (χ1v) is 5.13. The van der Waals surface area contributed by atoms with E-state index < -0.39 is 31.1 Å². The molecule has 2 fully saturated rings. The Morgan fingerprint density at radius 2 is 2.24 bits per heavy atom. The summed E-state index contributed by atoms with van der Waals surface area (Å²) in [6, 6.07) is -0.619. The van der Waals surface area contributed by atoms with E-state index >= 15 is 0 Å². The highest BCUT2D eigenvalue weighted by Gasteiger charge is 2.46. The summed E-state index contributed by atoms with van der Waals surface area (Å²) in [6.07, 6.45) is -3.41. The van der Waals surface area contributed by atoms with Gasteiger partial charge < -0.3 is 15.3 Å². The maximum atomic E-state index is 11.5. The standard InChI is InChI=1S/C8H14N4O5/c9-5-1-2-11(8(16)10-5)12-7(15)6(14)4(3-13)17-12/h4,6-7,13-15H,1-3H2,(H2,9,10,16)/t4-,6-,7-/m1/s1. The molecule has 5 N–H and O–H groups in total. The van der Waals surface area contributed by atoms with Crippen molar-refractivity contribution in [3.05, 3.63) is 0 Å². The number of hydrogen-bond acceptors (Lipinski definition) is 7. The second-order valence-electron chi connectivity index (χ2n) is 3.82. The molecule has 0 aromatic carbocycles. The van der Waals surface area contributed by atoms with Crippen LogP contribution in [0.4, 0.5) is 4.79 Å². The summed E-state index contributed by atoms with van der Waals surface area (Å²) < 4.78 is 0. The monoisotopic (exact) mass is 246 g/mol. The van der Waals surface area contributed by atoms with Crippen LogP contribution in [-0.4, -0.2) is 69.0 Å². The minimum atomic E-state index is -1.43. The fourth-order valence-electron chi connectivity index (χ4n) is 1.69. The van der Waals surface area contributed by atoms with Crippen LogP contribution in [0.15, 0.2) is 0 Å². The third-order valence-corrected chi connectivity index (χ3v) is 2.64. The van der Waals surface area contributed by atoms with Gasteiger partial charge in [-0.25, -0.2) is 9.80 Å². The highest BCUT2D eigenvalue weighted by atomic mass is 16.8. The molecule has 96 valence electrons. The lowest BCUT2D eigenvalue weighted by Gasteiger charge is -2.34. The number of nitrogens with one attached hydrogen (secondary N) is 2. The summed E-state index contributed by atoms with van der Waals surface area (Å²) >= 11 is 0. The maximum Gasteiger partial charge on any atom is 0.339 e. The summed E-state index contributed by atoms with van der Waals surface area (Å²) in [4.78, 5) is 16.6. The third kappa shape index (κ3) is 2.10. The Morgan fingerprint density at radius 3 is 2.76 bits per heavy atom. The van der Waals surface area contributed by atoms with E-state index in [9.17, 15) is 15.0 Å². The number of amidine groups is 1. The van der Waals surface area contributed by atoms with Gasteiger partial charge in [0, 0.05) is 13.0 Å². The van der Waals surface area contributed by atoms with Crippen molar-refractivity contribution in [3.8, 4) is 0 Å². The van der Waals surface area contributed by atoms with Crippen LogP contribution in [0.5, 0.6) is 0 Å². The first-order valence-electron chi connectivity index (χ1n) is 5.13. The van der Waals surface area contributed by atoms with Gasteiger partial charge in [-0.3, -0.25) is 15.6 Å². The molecule has 0 spiro atoms. The molecule has 2 saturated heterocycles. The number of carbonyl (C=O) groups is 1. The summed E-state index contributed by atoms with van der Waals surface area (Å²) in [5.41, 5.74) is 0. The molecule has 3 atom stereocenters. The van der Waals surface area contributed by atoms with E-state index in [1.165, 1.54) is 0 Å². The largest absolute Gasteiger partial charge is 0.393 e. The summed E-state index contributed by atoms with van der Waals surface area (Å²) in [5, 5.41) is 39.5. The van der Waals surface area contributed by atoms with Gasteiger partial charge in [-0.05, 0) is 0 Å². The quantitative estimate of drug-likeness (QED) is 0.369. The topological polar surface area (TPSA) is 129 Å². The van der Waals surface area contributed by atoms with Crippen LogP contribution < -0.4 is 5.32 Å². The van der Waals surface area contributed by atoms with Gasteiger partial charge in [-0.1, -0.05) is 5.17 Å². The zero-order chi connectivity index (χ0) is 12.6. The lowest BCUT2D eigenvalue weighted by Crippen LogP contribution is -2.58. The van der Waals surface area contributed by atoms with Gasteiger partial charge in [-0.2, -0.15) is 0 Å². The molecule has 2 heterocycles. The van der Waals surface area contributed by atoms with Gasteiger partial charge in [0.2, 0.25) is 0 Å². The van der Waals surface area contributed by atoms with E-state index in [0.29, 0.717) is 0 Å². The third-order valence-electron chi connectivity index (χ3n) is 2.64. The maximum absolute atomic E-state index is 11.5. The molecular formula is C8H14N4O5. The normalized spacial score (nSPS) is 35.2. The number of hydrogen-bond donors (Lipinski definition) is 5. The molecule has 0 bridgehead atoms. The highest BCUT2D eigenvalue weighted by molar-refractivity contribution is 5.97. The van der Waals surface area contributed by atoms with Crippen LogP contribution in [0.25, 0.3) is 0 Å². The number of aliphatic hydroxyl groups is 3. The predicted molar refractivity (Wildman–Crippen MR) is 53.4 cm³/mol. The minimum absolute atomic E-state index is 0.0826. The number of hydrazine groups is 1. The number of urea groups is 1. The van der Waals surface area contributed by atoms with Crippen LogP contribution >= 0.6 is 0 Å². The number of rotatable bonds is 2. The minimum Gasteiger partial charge on any atom is -0.393 e. The predicted octanol–water partition coefficient (Wildman–Crippen LogP) is -2.42. The lowest BCUT2D eigenvalue weighted by atomic mass is 10.2.